The summed E-state index contributed by atoms with van der Waals surface area (Å²) in [6, 6.07) is 8.11. The zero-order valence-corrected chi connectivity index (χ0v) is 13.4. The third-order valence-corrected chi connectivity index (χ3v) is 4.03. The maximum atomic E-state index is 11.2. The average molecular weight is 299 g/mol. The van der Waals surface area contributed by atoms with Crippen molar-refractivity contribution < 1.29 is 13.2 Å². The standard InChI is InChI=1S/C15H25NO3S/c1-4-16-14(9-11-20(3,17)18)8-10-19-15-7-5-6-13(2)12-15/h5-7,12,14,16H,4,8-11H2,1-3H3. The molecule has 0 aliphatic rings. The summed E-state index contributed by atoms with van der Waals surface area (Å²) < 4.78 is 28.1. The van der Waals surface area contributed by atoms with Crippen LogP contribution in [0.4, 0.5) is 0 Å². The summed E-state index contributed by atoms with van der Waals surface area (Å²) in [6.07, 6.45) is 2.71. The molecule has 1 N–H and O–H groups in total. The van der Waals surface area contributed by atoms with E-state index in [1.807, 2.05) is 38.1 Å². The van der Waals surface area contributed by atoms with E-state index in [-0.39, 0.29) is 11.8 Å². The van der Waals surface area contributed by atoms with Crippen LogP contribution >= 0.6 is 0 Å². The first kappa shape index (κ1) is 17.0. The van der Waals surface area contributed by atoms with Crippen molar-refractivity contribution in [2.45, 2.75) is 32.7 Å². The van der Waals surface area contributed by atoms with E-state index in [1.54, 1.807) is 0 Å². The molecule has 0 spiro atoms. The Morgan fingerprint density at radius 3 is 2.65 bits per heavy atom. The SMILES string of the molecule is CCNC(CCOc1cccc(C)c1)CCS(C)(=O)=O. The van der Waals surface area contributed by atoms with E-state index in [0.29, 0.717) is 13.0 Å². The Morgan fingerprint density at radius 1 is 1.30 bits per heavy atom. The van der Waals surface area contributed by atoms with Gasteiger partial charge in [-0.25, -0.2) is 8.42 Å². The molecule has 114 valence electrons. The minimum atomic E-state index is -2.90. The summed E-state index contributed by atoms with van der Waals surface area (Å²) in [5.74, 6) is 1.08. The molecule has 1 aromatic rings. The molecule has 0 aliphatic heterocycles. The number of sulfone groups is 1. The van der Waals surface area contributed by atoms with Gasteiger partial charge in [0, 0.05) is 12.3 Å². The normalized spacial score (nSPS) is 13.2. The van der Waals surface area contributed by atoms with Gasteiger partial charge in [0.15, 0.2) is 0 Å². The van der Waals surface area contributed by atoms with E-state index in [0.717, 1.165) is 18.7 Å². The van der Waals surface area contributed by atoms with Gasteiger partial charge in [-0.1, -0.05) is 19.1 Å². The monoisotopic (exact) mass is 299 g/mol. The molecular weight excluding hydrogens is 274 g/mol. The third kappa shape index (κ3) is 7.50. The van der Waals surface area contributed by atoms with Gasteiger partial charge in [0.1, 0.15) is 15.6 Å². The van der Waals surface area contributed by atoms with Gasteiger partial charge in [0.2, 0.25) is 0 Å². The van der Waals surface area contributed by atoms with Gasteiger partial charge >= 0.3 is 0 Å². The lowest BCUT2D eigenvalue weighted by Gasteiger charge is -2.17. The van der Waals surface area contributed by atoms with Gasteiger partial charge in [-0.2, -0.15) is 0 Å². The highest BCUT2D eigenvalue weighted by Crippen LogP contribution is 2.13. The van der Waals surface area contributed by atoms with Gasteiger partial charge in [0.25, 0.3) is 0 Å². The number of ether oxygens (including phenoxy) is 1. The van der Waals surface area contributed by atoms with Crippen LogP contribution in [0.15, 0.2) is 24.3 Å². The molecule has 0 amide bonds. The maximum Gasteiger partial charge on any atom is 0.147 e. The second-order valence-electron chi connectivity index (χ2n) is 5.13. The average Bonchev–Trinajstić information content (AvgIpc) is 2.35. The number of nitrogens with one attached hydrogen (secondary N) is 1. The summed E-state index contributed by atoms with van der Waals surface area (Å²) in [5, 5.41) is 3.31. The van der Waals surface area contributed by atoms with Crippen LogP contribution < -0.4 is 10.1 Å². The van der Waals surface area contributed by atoms with E-state index in [4.69, 9.17) is 4.74 Å². The lowest BCUT2D eigenvalue weighted by molar-refractivity contribution is 0.284. The first-order valence-corrected chi connectivity index (χ1v) is 9.07. The lowest BCUT2D eigenvalue weighted by atomic mass is 10.1. The van der Waals surface area contributed by atoms with Crippen LogP contribution in [0.2, 0.25) is 0 Å². The van der Waals surface area contributed by atoms with Crippen molar-refractivity contribution in [3.63, 3.8) is 0 Å². The number of rotatable bonds is 9. The van der Waals surface area contributed by atoms with Gasteiger partial charge in [-0.05, 0) is 44.0 Å². The predicted molar refractivity (Wildman–Crippen MR) is 83.1 cm³/mol. The Hall–Kier alpha value is -1.07. The Kier molecular flexibility index (Phi) is 7.02. The van der Waals surface area contributed by atoms with Crippen molar-refractivity contribution in [2.24, 2.45) is 0 Å². The molecule has 0 aliphatic carbocycles. The summed E-state index contributed by atoms with van der Waals surface area (Å²) >= 11 is 0. The van der Waals surface area contributed by atoms with Crippen LogP contribution in [0.5, 0.6) is 5.75 Å². The molecule has 0 saturated carbocycles. The van der Waals surface area contributed by atoms with E-state index in [9.17, 15) is 8.42 Å². The summed E-state index contributed by atoms with van der Waals surface area (Å²) in [5.41, 5.74) is 1.17. The fraction of sp³-hybridized carbons (Fsp3) is 0.600. The molecule has 0 fully saturated rings. The first-order chi connectivity index (χ1) is 9.40. The molecule has 1 atom stereocenters. The molecule has 0 heterocycles. The van der Waals surface area contributed by atoms with E-state index >= 15 is 0 Å². The molecule has 5 heteroatoms. The quantitative estimate of drug-likeness (QED) is 0.759. The highest BCUT2D eigenvalue weighted by Gasteiger charge is 2.11. The Bertz CT molecular complexity index is 500. The highest BCUT2D eigenvalue weighted by atomic mass is 32.2. The van der Waals surface area contributed by atoms with Gasteiger partial charge in [0.05, 0.1) is 12.4 Å². The zero-order valence-electron chi connectivity index (χ0n) is 12.6. The van der Waals surface area contributed by atoms with E-state index in [1.165, 1.54) is 11.8 Å². The summed E-state index contributed by atoms with van der Waals surface area (Å²) in [4.78, 5) is 0. The molecule has 1 aromatic carbocycles. The molecule has 0 aromatic heterocycles. The topological polar surface area (TPSA) is 55.4 Å². The second kappa shape index (κ2) is 8.27. The van der Waals surface area contributed by atoms with Crippen LogP contribution in [0.25, 0.3) is 0 Å². The molecule has 0 bridgehead atoms. The van der Waals surface area contributed by atoms with Crippen LogP contribution in [-0.2, 0) is 9.84 Å². The molecule has 1 unspecified atom stereocenters. The fourth-order valence-corrected chi connectivity index (χ4v) is 2.73. The van der Waals surface area contributed by atoms with Crippen molar-refractivity contribution in [1.82, 2.24) is 5.32 Å². The molecule has 4 nitrogen and oxygen atoms in total. The Balaban J connectivity index is 2.38. The Labute approximate surface area is 122 Å². The largest absolute Gasteiger partial charge is 0.494 e. The van der Waals surface area contributed by atoms with Crippen LogP contribution in [0.1, 0.15) is 25.3 Å². The van der Waals surface area contributed by atoms with Crippen molar-refractivity contribution in [3.8, 4) is 5.75 Å². The maximum absolute atomic E-state index is 11.2. The summed E-state index contributed by atoms with van der Waals surface area (Å²) in [6.45, 7) is 5.47. The number of hydrogen-bond acceptors (Lipinski definition) is 4. The first-order valence-electron chi connectivity index (χ1n) is 7.01. The number of aryl methyl sites for hydroxylation is 1. The van der Waals surface area contributed by atoms with Gasteiger partial charge in [-0.15, -0.1) is 0 Å². The molecule has 0 saturated heterocycles. The van der Waals surface area contributed by atoms with Crippen molar-refractivity contribution in [3.05, 3.63) is 29.8 Å². The smallest absolute Gasteiger partial charge is 0.147 e. The molecule has 0 radical (unpaired) electrons. The Morgan fingerprint density at radius 2 is 2.05 bits per heavy atom. The second-order valence-corrected chi connectivity index (χ2v) is 7.39. The van der Waals surface area contributed by atoms with Crippen molar-refractivity contribution in [1.29, 1.82) is 0 Å². The van der Waals surface area contributed by atoms with Gasteiger partial charge in [-0.3, -0.25) is 0 Å². The van der Waals surface area contributed by atoms with Crippen LogP contribution in [-0.4, -0.2) is 39.6 Å². The number of benzene rings is 1. The fourth-order valence-electron chi connectivity index (χ4n) is 2.02. The minimum Gasteiger partial charge on any atom is -0.494 e. The molecular formula is C15H25NO3S. The van der Waals surface area contributed by atoms with Crippen molar-refractivity contribution in [2.75, 3.05) is 25.2 Å². The van der Waals surface area contributed by atoms with Crippen LogP contribution in [0.3, 0.4) is 0 Å². The van der Waals surface area contributed by atoms with Gasteiger partial charge < -0.3 is 10.1 Å². The van der Waals surface area contributed by atoms with E-state index in [2.05, 4.69) is 5.32 Å². The molecule has 20 heavy (non-hydrogen) atoms. The zero-order chi connectivity index (χ0) is 15.0. The van der Waals surface area contributed by atoms with Crippen LogP contribution in [0, 0.1) is 6.92 Å². The minimum absolute atomic E-state index is 0.180. The third-order valence-electron chi connectivity index (χ3n) is 3.05. The lowest BCUT2D eigenvalue weighted by Crippen LogP contribution is -2.32. The predicted octanol–water partition coefficient (Wildman–Crippen LogP) is 2.18. The molecule has 1 rings (SSSR count). The highest BCUT2D eigenvalue weighted by molar-refractivity contribution is 7.90. The summed E-state index contributed by atoms with van der Waals surface area (Å²) in [7, 11) is -2.90. The van der Waals surface area contributed by atoms with Crippen molar-refractivity contribution >= 4 is 9.84 Å². The van der Waals surface area contributed by atoms with E-state index < -0.39 is 9.84 Å². The number of hydrogen-bond donors (Lipinski definition) is 1.